The van der Waals surface area contributed by atoms with Gasteiger partial charge in [0, 0.05) is 5.39 Å². The van der Waals surface area contributed by atoms with Crippen LogP contribution in [0.5, 0.6) is 0 Å². The van der Waals surface area contributed by atoms with Gasteiger partial charge in [-0.2, -0.15) is 0 Å². The number of amides is 2. The van der Waals surface area contributed by atoms with Crippen LogP contribution in [0.4, 0.5) is 11.4 Å². The van der Waals surface area contributed by atoms with Crippen molar-refractivity contribution in [3.05, 3.63) is 54.4 Å². The molecular weight excluding hydrogens is 384 g/mol. The standard InChI is InChI=1S/C22H22N4O2S/c1-13(29-19-15-9-5-6-10-16(15)23-14(2)24-19)20(27)26-18-12-8-7-11-17(18)25-21(28)22(26,3)4/h5-13H,1-4H3,(H,25,28)/t13-/m0/s1. The Bertz CT molecular complexity index is 1130. The summed E-state index contributed by atoms with van der Waals surface area (Å²) in [5.74, 6) is 0.321. The van der Waals surface area contributed by atoms with Gasteiger partial charge in [0.2, 0.25) is 11.8 Å². The highest BCUT2D eigenvalue weighted by Crippen LogP contribution is 2.39. The van der Waals surface area contributed by atoms with Gasteiger partial charge in [-0.3, -0.25) is 14.5 Å². The number of anilines is 2. The Labute approximate surface area is 173 Å². The third-order valence-corrected chi connectivity index (χ3v) is 6.13. The maximum Gasteiger partial charge on any atom is 0.250 e. The minimum absolute atomic E-state index is 0.136. The van der Waals surface area contributed by atoms with E-state index in [0.29, 0.717) is 17.2 Å². The molecule has 3 aromatic rings. The Kier molecular flexibility index (Phi) is 4.78. The summed E-state index contributed by atoms with van der Waals surface area (Å²) in [5, 5.41) is 4.14. The number of nitrogens with one attached hydrogen (secondary N) is 1. The lowest BCUT2D eigenvalue weighted by Gasteiger charge is -2.43. The number of aromatic nitrogens is 2. The molecule has 0 radical (unpaired) electrons. The normalized spacial score (nSPS) is 16.3. The fourth-order valence-electron chi connectivity index (χ4n) is 3.49. The lowest BCUT2D eigenvalue weighted by molar-refractivity contribution is -0.126. The monoisotopic (exact) mass is 406 g/mol. The van der Waals surface area contributed by atoms with Gasteiger partial charge in [0.1, 0.15) is 16.4 Å². The molecular formula is C22H22N4O2S. The number of hydrogen-bond acceptors (Lipinski definition) is 5. The fourth-order valence-corrected chi connectivity index (χ4v) is 4.52. The molecule has 1 aliphatic rings. The van der Waals surface area contributed by atoms with Crippen LogP contribution in [0, 0.1) is 6.92 Å². The first-order chi connectivity index (χ1) is 13.8. The highest BCUT2D eigenvalue weighted by molar-refractivity contribution is 8.00. The van der Waals surface area contributed by atoms with Crippen LogP contribution in [-0.2, 0) is 9.59 Å². The number of rotatable bonds is 3. The Morgan fingerprint density at radius 2 is 1.79 bits per heavy atom. The zero-order valence-electron chi connectivity index (χ0n) is 16.8. The number of thioether (sulfide) groups is 1. The maximum absolute atomic E-state index is 13.5. The van der Waals surface area contributed by atoms with Gasteiger partial charge in [-0.1, -0.05) is 42.1 Å². The molecule has 2 amide bonds. The van der Waals surface area contributed by atoms with Gasteiger partial charge in [-0.15, -0.1) is 0 Å². The van der Waals surface area contributed by atoms with Crippen molar-refractivity contribution < 1.29 is 9.59 Å². The van der Waals surface area contributed by atoms with Crippen LogP contribution in [0.15, 0.2) is 53.6 Å². The largest absolute Gasteiger partial charge is 0.322 e. The van der Waals surface area contributed by atoms with Gasteiger partial charge < -0.3 is 5.32 Å². The summed E-state index contributed by atoms with van der Waals surface area (Å²) < 4.78 is 0. The van der Waals surface area contributed by atoms with Crippen molar-refractivity contribution in [3.63, 3.8) is 0 Å². The minimum Gasteiger partial charge on any atom is -0.322 e. The SMILES string of the molecule is Cc1nc(S[C@@H](C)C(=O)N2c3ccccc3NC(=O)C2(C)C)c2ccccc2n1. The summed E-state index contributed by atoms with van der Waals surface area (Å²) in [6, 6.07) is 15.1. The van der Waals surface area contributed by atoms with E-state index in [2.05, 4.69) is 15.3 Å². The third-order valence-electron chi connectivity index (χ3n) is 5.04. The van der Waals surface area contributed by atoms with Crippen LogP contribution in [0.1, 0.15) is 26.6 Å². The highest BCUT2D eigenvalue weighted by atomic mass is 32.2. The molecule has 2 heterocycles. The second-order valence-corrected chi connectivity index (χ2v) is 8.89. The maximum atomic E-state index is 13.5. The number of para-hydroxylation sites is 3. The first kappa shape index (κ1) is 19.4. The Morgan fingerprint density at radius 3 is 2.59 bits per heavy atom. The zero-order valence-corrected chi connectivity index (χ0v) is 17.6. The van der Waals surface area contributed by atoms with Crippen LogP contribution >= 0.6 is 11.8 Å². The van der Waals surface area contributed by atoms with Crippen LogP contribution in [0.2, 0.25) is 0 Å². The molecule has 0 bridgehead atoms. The molecule has 0 aliphatic carbocycles. The number of carbonyl (C=O) groups excluding carboxylic acids is 2. The lowest BCUT2D eigenvalue weighted by atomic mass is 9.96. The van der Waals surface area contributed by atoms with E-state index in [-0.39, 0.29) is 11.8 Å². The average molecular weight is 407 g/mol. The summed E-state index contributed by atoms with van der Waals surface area (Å²) in [5.41, 5.74) is 1.21. The second-order valence-electron chi connectivity index (χ2n) is 7.56. The van der Waals surface area contributed by atoms with Crippen molar-refractivity contribution in [3.8, 4) is 0 Å². The summed E-state index contributed by atoms with van der Waals surface area (Å²) >= 11 is 1.39. The molecule has 2 aromatic carbocycles. The summed E-state index contributed by atoms with van der Waals surface area (Å²) in [6.45, 7) is 7.22. The van der Waals surface area contributed by atoms with E-state index in [0.717, 1.165) is 15.9 Å². The second kappa shape index (κ2) is 7.15. The molecule has 1 atom stereocenters. The molecule has 0 spiro atoms. The van der Waals surface area contributed by atoms with Crippen molar-refractivity contribution in [1.82, 2.24) is 9.97 Å². The van der Waals surface area contributed by atoms with E-state index in [1.54, 1.807) is 18.7 Å². The van der Waals surface area contributed by atoms with E-state index in [4.69, 9.17) is 0 Å². The van der Waals surface area contributed by atoms with E-state index in [1.807, 2.05) is 62.4 Å². The molecule has 0 fully saturated rings. The molecule has 1 aliphatic heterocycles. The number of aryl methyl sites for hydroxylation is 1. The Morgan fingerprint density at radius 1 is 1.10 bits per heavy atom. The molecule has 148 valence electrons. The number of benzene rings is 2. The van der Waals surface area contributed by atoms with Gasteiger partial charge in [0.25, 0.3) is 0 Å². The number of hydrogen-bond donors (Lipinski definition) is 1. The van der Waals surface area contributed by atoms with Gasteiger partial charge >= 0.3 is 0 Å². The van der Waals surface area contributed by atoms with Gasteiger partial charge in [0.15, 0.2) is 0 Å². The third kappa shape index (κ3) is 3.35. The summed E-state index contributed by atoms with van der Waals surface area (Å²) in [4.78, 5) is 36.8. The topological polar surface area (TPSA) is 75.2 Å². The molecule has 1 aromatic heterocycles. The first-order valence-corrected chi connectivity index (χ1v) is 10.3. The van der Waals surface area contributed by atoms with Crippen molar-refractivity contribution in [2.75, 3.05) is 10.2 Å². The van der Waals surface area contributed by atoms with Crippen LogP contribution in [-0.4, -0.2) is 32.6 Å². The highest BCUT2D eigenvalue weighted by Gasteiger charge is 2.44. The molecule has 6 nitrogen and oxygen atoms in total. The summed E-state index contributed by atoms with van der Waals surface area (Å²) in [7, 11) is 0. The molecule has 29 heavy (non-hydrogen) atoms. The van der Waals surface area contributed by atoms with Crippen LogP contribution in [0.3, 0.4) is 0 Å². The quantitative estimate of drug-likeness (QED) is 0.522. The molecule has 0 unspecified atom stereocenters. The summed E-state index contributed by atoms with van der Waals surface area (Å²) in [6.07, 6.45) is 0. The Hall–Kier alpha value is -2.93. The predicted octanol–water partition coefficient (Wildman–Crippen LogP) is 4.18. The molecule has 0 saturated heterocycles. The molecule has 7 heteroatoms. The van der Waals surface area contributed by atoms with Crippen LogP contribution < -0.4 is 10.2 Å². The van der Waals surface area contributed by atoms with Crippen molar-refractivity contribution >= 4 is 45.9 Å². The number of fused-ring (bicyclic) bond motifs is 2. The predicted molar refractivity (Wildman–Crippen MR) is 116 cm³/mol. The molecule has 1 N–H and O–H groups in total. The van der Waals surface area contributed by atoms with E-state index in [9.17, 15) is 9.59 Å². The van der Waals surface area contributed by atoms with Crippen molar-refractivity contribution in [2.45, 2.75) is 43.5 Å². The van der Waals surface area contributed by atoms with Crippen LogP contribution in [0.25, 0.3) is 10.9 Å². The Balaban J connectivity index is 1.71. The fraction of sp³-hybridized carbons (Fsp3) is 0.273. The number of carbonyl (C=O) groups is 2. The lowest BCUT2D eigenvalue weighted by Crippen LogP contribution is -2.60. The molecule has 4 rings (SSSR count). The zero-order chi connectivity index (χ0) is 20.8. The minimum atomic E-state index is -0.996. The van der Waals surface area contributed by atoms with E-state index >= 15 is 0 Å². The van der Waals surface area contributed by atoms with Crippen molar-refractivity contribution in [1.29, 1.82) is 0 Å². The van der Waals surface area contributed by atoms with Gasteiger partial charge in [-0.05, 0) is 45.9 Å². The smallest absolute Gasteiger partial charge is 0.250 e. The first-order valence-electron chi connectivity index (χ1n) is 9.43. The van der Waals surface area contributed by atoms with Gasteiger partial charge in [-0.25, -0.2) is 9.97 Å². The number of nitrogens with zero attached hydrogens (tertiary/aromatic N) is 3. The van der Waals surface area contributed by atoms with Crippen molar-refractivity contribution in [2.24, 2.45) is 0 Å². The van der Waals surface area contributed by atoms with Gasteiger partial charge in [0.05, 0.1) is 22.1 Å². The van der Waals surface area contributed by atoms with E-state index in [1.165, 1.54) is 11.8 Å². The average Bonchev–Trinajstić information content (AvgIpc) is 2.68. The van der Waals surface area contributed by atoms with E-state index < -0.39 is 10.8 Å². The molecule has 0 saturated carbocycles.